The standard InChI is InChI=1S/C29H54N5O4PS2/c1-3-4-5-6-7-8-9-10-11-12-13-14-15-17-20-40-41-21-18-16-19-38-39(35,36)25-37-26(2)22-34-24-33-27-28(30)31-23-32-29(27)34/h23-24,26H,3-22,25H2,1-2H3,(H,35,36)(H2,30,31,32)/t26-/m1/s1. The molecule has 0 aromatic carbocycles. The molecule has 12 heteroatoms. The third-order valence-electron chi connectivity index (χ3n) is 6.99. The van der Waals surface area contributed by atoms with Crippen LogP contribution in [0.4, 0.5) is 5.82 Å². The summed E-state index contributed by atoms with van der Waals surface area (Å²) in [6.07, 6.45) is 23.6. The Morgan fingerprint density at radius 2 is 1.44 bits per heavy atom. The smallest absolute Gasteiger partial charge is 0.353 e. The van der Waals surface area contributed by atoms with E-state index in [0.717, 1.165) is 18.6 Å². The van der Waals surface area contributed by atoms with Gasteiger partial charge in [0.1, 0.15) is 18.2 Å². The fourth-order valence-corrected chi connectivity index (χ4v) is 7.79. The predicted molar refractivity (Wildman–Crippen MR) is 175 cm³/mol. The molecule has 2 atom stereocenters. The van der Waals surface area contributed by atoms with Gasteiger partial charge in [0.05, 0.1) is 25.6 Å². The van der Waals surface area contributed by atoms with Crippen LogP contribution in [0.2, 0.25) is 0 Å². The zero-order valence-corrected chi connectivity index (χ0v) is 27.9. The van der Waals surface area contributed by atoms with Crippen molar-refractivity contribution in [3.05, 3.63) is 12.7 Å². The molecule has 2 rings (SSSR count). The number of nitrogens with two attached hydrogens (primary N) is 1. The highest BCUT2D eigenvalue weighted by Gasteiger charge is 2.21. The van der Waals surface area contributed by atoms with Crippen LogP contribution < -0.4 is 5.73 Å². The summed E-state index contributed by atoms with van der Waals surface area (Å²) in [5.74, 6) is 2.55. The van der Waals surface area contributed by atoms with E-state index in [1.165, 1.54) is 102 Å². The van der Waals surface area contributed by atoms with Crippen molar-refractivity contribution >= 4 is 46.2 Å². The van der Waals surface area contributed by atoms with Crippen LogP contribution in [0.15, 0.2) is 12.7 Å². The predicted octanol–water partition coefficient (Wildman–Crippen LogP) is 8.62. The Kier molecular flexibility index (Phi) is 20.1. The van der Waals surface area contributed by atoms with Crippen molar-refractivity contribution in [3.63, 3.8) is 0 Å². The molecule has 2 aromatic rings. The Morgan fingerprint density at radius 1 is 0.878 bits per heavy atom. The summed E-state index contributed by atoms with van der Waals surface area (Å²) in [7, 11) is 0.0480. The molecule has 0 radical (unpaired) electrons. The van der Waals surface area contributed by atoms with E-state index in [0.29, 0.717) is 23.5 Å². The first kappa shape index (κ1) is 36.4. The first-order chi connectivity index (χ1) is 19.9. The van der Waals surface area contributed by atoms with Crippen molar-refractivity contribution in [3.8, 4) is 0 Å². The summed E-state index contributed by atoms with van der Waals surface area (Å²) in [4.78, 5) is 22.5. The molecule has 2 heterocycles. The Morgan fingerprint density at radius 3 is 2.05 bits per heavy atom. The maximum atomic E-state index is 12.3. The molecule has 236 valence electrons. The molecule has 1 unspecified atom stereocenters. The molecule has 0 saturated carbocycles. The van der Waals surface area contributed by atoms with Gasteiger partial charge in [0.15, 0.2) is 11.5 Å². The highest BCUT2D eigenvalue weighted by Crippen LogP contribution is 2.42. The quantitative estimate of drug-likeness (QED) is 0.0562. The number of hydrogen-bond acceptors (Lipinski definition) is 9. The third kappa shape index (κ3) is 17.1. The molecule has 9 nitrogen and oxygen atoms in total. The number of ether oxygens (including phenoxy) is 1. The Labute approximate surface area is 255 Å². The van der Waals surface area contributed by atoms with Crippen LogP contribution in [-0.2, 0) is 20.4 Å². The van der Waals surface area contributed by atoms with Crippen molar-refractivity contribution in [2.45, 2.75) is 129 Å². The van der Waals surface area contributed by atoms with Gasteiger partial charge in [-0.3, -0.25) is 4.57 Å². The lowest BCUT2D eigenvalue weighted by atomic mass is 10.0. The van der Waals surface area contributed by atoms with Crippen molar-refractivity contribution in [1.82, 2.24) is 19.5 Å². The van der Waals surface area contributed by atoms with Crippen molar-refractivity contribution in [1.29, 1.82) is 0 Å². The zero-order chi connectivity index (χ0) is 29.6. The van der Waals surface area contributed by atoms with E-state index in [4.69, 9.17) is 15.0 Å². The molecule has 2 aromatic heterocycles. The lowest BCUT2D eigenvalue weighted by Gasteiger charge is -2.17. The molecular formula is C29H54N5O4PS2. The SMILES string of the molecule is CCCCCCCCCCCCCCCCSSCCCCOP(=O)(O)CO[C@H](C)Cn1cnc2c(N)ncnc21. The number of imidazole rings is 1. The molecule has 0 spiro atoms. The molecule has 0 aliphatic carbocycles. The summed E-state index contributed by atoms with van der Waals surface area (Å²) < 4.78 is 24.9. The van der Waals surface area contributed by atoms with Crippen LogP contribution in [0.25, 0.3) is 11.2 Å². The monoisotopic (exact) mass is 631 g/mol. The van der Waals surface area contributed by atoms with E-state index in [2.05, 4.69) is 21.9 Å². The topological polar surface area (TPSA) is 125 Å². The number of fused-ring (bicyclic) bond motifs is 1. The van der Waals surface area contributed by atoms with Crippen molar-refractivity contribution in [2.24, 2.45) is 0 Å². The fourth-order valence-electron chi connectivity index (χ4n) is 4.56. The number of nitrogen functional groups attached to an aromatic ring is 1. The van der Waals surface area contributed by atoms with Gasteiger partial charge in [0.2, 0.25) is 0 Å². The highest BCUT2D eigenvalue weighted by atomic mass is 33.1. The molecule has 0 bridgehead atoms. The largest absolute Gasteiger partial charge is 0.382 e. The van der Waals surface area contributed by atoms with Crippen molar-refractivity contribution < 1.29 is 18.7 Å². The van der Waals surface area contributed by atoms with Crippen LogP contribution in [0.3, 0.4) is 0 Å². The van der Waals surface area contributed by atoms with Crippen LogP contribution in [0.5, 0.6) is 0 Å². The summed E-state index contributed by atoms with van der Waals surface area (Å²) in [5, 5.41) is 0. The van der Waals surface area contributed by atoms with Crippen LogP contribution in [0, 0.1) is 0 Å². The number of aromatic nitrogens is 4. The van der Waals surface area contributed by atoms with Crippen LogP contribution in [0.1, 0.15) is 117 Å². The average Bonchev–Trinajstić information content (AvgIpc) is 3.36. The van der Waals surface area contributed by atoms with E-state index in [1.807, 2.05) is 28.5 Å². The average molecular weight is 632 g/mol. The molecule has 0 aliphatic rings. The van der Waals surface area contributed by atoms with E-state index in [1.54, 1.807) is 10.9 Å². The number of hydrogen-bond donors (Lipinski definition) is 2. The van der Waals surface area contributed by atoms with Crippen molar-refractivity contribution in [2.75, 3.05) is 30.2 Å². The zero-order valence-electron chi connectivity index (χ0n) is 25.4. The summed E-state index contributed by atoms with van der Waals surface area (Å²) in [6.45, 7) is 4.78. The summed E-state index contributed by atoms with van der Waals surface area (Å²) in [5.41, 5.74) is 6.95. The normalized spacial score (nSPS) is 14.0. The minimum absolute atomic E-state index is 0.262. The van der Waals surface area contributed by atoms with Gasteiger partial charge in [0.25, 0.3) is 0 Å². The Hall–Kier alpha value is -0.840. The fraction of sp³-hybridized carbons (Fsp3) is 0.828. The molecule has 0 saturated heterocycles. The van der Waals surface area contributed by atoms with E-state index in [-0.39, 0.29) is 19.1 Å². The summed E-state index contributed by atoms with van der Waals surface area (Å²) >= 11 is 0. The maximum Gasteiger partial charge on any atom is 0.353 e. The lowest BCUT2D eigenvalue weighted by molar-refractivity contribution is 0.0716. The van der Waals surface area contributed by atoms with Gasteiger partial charge in [-0.1, -0.05) is 112 Å². The van der Waals surface area contributed by atoms with Gasteiger partial charge < -0.3 is 24.5 Å². The molecule has 0 aliphatic heterocycles. The van der Waals surface area contributed by atoms with Gasteiger partial charge >= 0.3 is 7.60 Å². The minimum Gasteiger partial charge on any atom is -0.382 e. The van der Waals surface area contributed by atoms with Gasteiger partial charge in [-0.25, -0.2) is 15.0 Å². The van der Waals surface area contributed by atoms with Gasteiger partial charge in [0, 0.05) is 11.5 Å². The van der Waals surface area contributed by atoms with Crippen LogP contribution >= 0.6 is 29.2 Å². The number of nitrogens with zero attached hydrogens (tertiary/aromatic N) is 4. The van der Waals surface area contributed by atoms with Crippen LogP contribution in [-0.4, -0.2) is 55.0 Å². The molecule has 41 heavy (non-hydrogen) atoms. The second-order valence-corrected chi connectivity index (χ2v) is 15.3. The third-order valence-corrected chi connectivity index (χ3v) is 10.6. The lowest BCUT2D eigenvalue weighted by Crippen LogP contribution is -2.17. The Bertz CT molecular complexity index is 984. The highest BCUT2D eigenvalue weighted by molar-refractivity contribution is 8.76. The van der Waals surface area contributed by atoms with Gasteiger partial charge in [-0.2, -0.15) is 0 Å². The number of rotatable bonds is 27. The van der Waals surface area contributed by atoms with Gasteiger partial charge in [-0.05, 0) is 26.2 Å². The first-order valence-corrected chi connectivity index (χ1v) is 19.9. The molecule has 0 amide bonds. The van der Waals surface area contributed by atoms with E-state index in [9.17, 15) is 9.46 Å². The first-order valence-electron chi connectivity index (χ1n) is 15.7. The van der Waals surface area contributed by atoms with E-state index < -0.39 is 7.60 Å². The minimum atomic E-state index is -3.79. The number of unbranched alkanes of at least 4 members (excludes halogenated alkanes) is 14. The van der Waals surface area contributed by atoms with E-state index >= 15 is 0 Å². The maximum absolute atomic E-state index is 12.3. The molecule has 0 fully saturated rings. The van der Waals surface area contributed by atoms with Gasteiger partial charge in [-0.15, -0.1) is 0 Å². The molecular weight excluding hydrogens is 577 g/mol. The molecule has 3 N–H and O–H groups in total. The second kappa shape index (κ2) is 22.7. The summed E-state index contributed by atoms with van der Waals surface area (Å²) in [6, 6.07) is 0. The second-order valence-electron chi connectivity index (χ2n) is 10.9. The number of anilines is 1. The Balaban J connectivity index is 1.35.